The van der Waals surface area contributed by atoms with E-state index in [1.807, 2.05) is 30.0 Å². The first-order valence-electron chi connectivity index (χ1n) is 12.9. The molecule has 1 aliphatic heterocycles. The van der Waals surface area contributed by atoms with Crippen molar-refractivity contribution in [1.82, 2.24) is 4.90 Å². The topological polar surface area (TPSA) is 80.0 Å². The summed E-state index contributed by atoms with van der Waals surface area (Å²) in [7, 11) is 0. The summed E-state index contributed by atoms with van der Waals surface area (Å²) in [5.41, 5.74) is 1.51. The van der Waals surface area contributed by atoms with Crippen molar-refractivity contribution in [3.05, 3.63) is 73.6 Å². The van der Waals surface area contributed by atoms with Crippen molar-refractivity contribution in [2.45, 2.75) is 64.1 Å². The predicted octanol–water partition coefficient (Wildman–Crippen LogP) is 6.07. The van der Waals surface area contributed by atoms with Crippen molar-refractivity contribution in [3.8, 4) is 5.75 Å². The fourth-order valence-corrected chi connectivity index (χ4v) is 6.20. The van der Waals surface area contributed by atoms with Gasteiger partial charge in [-0.3, -0.25) is 4.79 Å². The molecule has 1 aromatic heterocycles. The second kappa shape index (κ2) is 10.7. The van der Waals surface area contributed by atoms with E-state index in [-0.39, 0.29) is 24.9 Å². The monoisotopic (exact) mass is 543 g/mol. The minimum Gasteiger partial charge on any atom is -0.489 e. The number of benzene rings is 2. The van der Waals surface area contributed by atoms with Gasteiger partial charge in [0.2, 0.25) is 5.91 Å². The van der Waals surface area contributed by atoms with Crippen LogP contribution in [0.5, 0.6) is 5.75 Å². The molecule has 5 rings (SSSR count). The Morgan fingerprint density at radius 1 is 1.19 bits per heavy atom. The summed E-state index contributed by atoms with van der Waals surface area (Å²) in [4.78, 5) is 27.7. The van der Waals surface area contributed by atoms with Gasteiger partial charge in [-0.2, -0.15) is 0 Å². The molecule has 2 heterocycles. The highest BCUT2D eigenvalue weighted by Gasteiger charge is 2.43. The molecule has 2 aliphatic rings. The van der Waals surface area contributed by atoms with Crippen LogP contribution in [-0.2, 0) is 17.8 Å². The molecule has 2 unspecified atom stereocenters. The maximum atomic E-state index is 13.0. The smallest absolute Gasteiger partial charge is 0.339 e. The second-order valence-corrected chi connectivity index (χ2v) is 11.2. The Morgan fingerprint density at radius 3 is 2.84 bits per heavy atom. The van der Waals surface area contributed by atoms with Gasteiger partial charge in [-0.05, 0) is 62.4 Å². The van der Waals surface area contributed by atoms with Gasteiger partial charge in [0.15, 0.2) is 0 Å². The third kappa shape index (κ3) is 5.52. The first-order chi connectivity index (χ1) is 17.7. The standard InChI is InChI=1S/C29H31Cl2NO5/c1-18-23-8-7-22(36-17-19-5-6-21(30)14-25(19)31)15-26(23)37-28(34)24(18)9-10-27(33)32-13-12-29(35)11-3-2-4-20(29)16-32/h5-8,14-15,20,35H,2-4,9-13,16-17H2,1H3. The van der Waals surface area contributed by atoms with Crippen molar-refractivity contribution in [2.75, 3.05) is 13.1 Å². The normalized spacial score (nSPS) is 21.6. The molecule has 1 saturated heterocycles. The lowest BCUT2D eigenvalue weighted by Crippen LogP contribution is -2.54. The number of amides is 1. The average molecular weight is 544 g/mol. The fraction of sp³-hybridized carbons (Fsp3) is 0.448. The molecule has 6 nitrogen and oxygen atoms in total. The van der Waals surface area contributed by atoms with E-state index in [4.69, 9.17) is 32.4 Å². The Balaban J connectivity index is 1.25. The molecule has 0 spiro atoms. The van der Waals surface area contributed by atoms with Gasteiger partial charge in [-0.25, -0.2) is 4.79 Å². The number of fused-ring (bicyclic) bond motifs is 2. The lowest BCUT2D eigenvalue weighted by Gasteiger charge is -2.47. The number of carbonyl (C=O) groups excluding carboxylic acids is 1. The van der Waals surface area contributed by atoms with Crippen LogP contribution in [0.3, 0.4) is 0 Å². The summed E-state index contributed by atoms with van der Waals surface area (Å²) in [5, 5.41) is 12.8. The third-order valence-electron chi connectivity index (χ3n) is 8.04. The Bertz CT molecular complexity index is 1390. The minimum atomic E-state index is -0.616. The fourth-order valence-electron chi connectivity index (χ4n) is 5.74. The van der Waals surface area contributed by atoms with E-state index < -0.39 is 11.2 Å². The van der Waals surface area contributed by atoms with Crippen molar-refractivity contribution >= 4 is 40.1 Å². The number of likely N-dealkylation sites (tertiary alicyclic amines) is 1. The number of carbonyl (C=O) groups is 1. The molecular formula is C29H31Cl2NO5. The first-order valence-corrected chi connectivity index (χ1v) is 13.6. The largest absolute Gasteiger partial charge is 0.489 e. The number of ether oxygens (including phenoxy) is 1. The third-order valence-corrected chi connectivity index (χ3v) is 8.62. The molecule has 37 heavy (non-hydrogen) atoms. The zero-order valence-electron chi connectivity index (χ0n) is 20.9. The van der Waals surface area contributed by atoms with Crippen LogP contribution in [0.4, 0.5) is 0 Å². The van der Waals surface area contributed by atoms with Gasteiger partial charge in [0, 0.05) is 58.1 Å². The van der Waals surface area contributed by atoms with Crippen molar-refractivity contribution in [3.63, 3.8) is 0 Å². The highest BCUT2D eigenvalue weighted by Crippen LogP contribution is 2.40. The molecule has 1 aliphatic carbocycles. The number of halogens is 2. The Hall–Kier alpha value is -2.54. The zero-order chi connectivity index (χ0) is 26.2. The van der Waals surface area contributed by atoms with Crippen LogP contribution in [0.2, 0.25) is 10.0 Å². The van der Waals surface area contributed by atoms with Gasteiger partial charge < -0.3 is 19.2 Å². The van der Waals surface area contributed by atoms with Crippen LogP contribution >= 0.6 is 23.2 Å². The predicted molar refractivity (Wildman–Crippen MR) is 144 cm³/mol. The van der Waals surface area contributed by atoms with Gasteiger partial charge in [0.25, 0.3) is 0 Å². The van der Waals surface area contributed by atoms with E-state index >= 15 is 0 Å². The minimum absolute atomic E-state index is 0.0242. The van der Waals surface area contributed by atoms with Gasteiger partial charge in [0.05, 0.1) is 5.60 Å². The molecule has 1 saturated carbocycles. The molecule has 196 valence electrons. The van der Waals surface area contributed by atoms with E-state index in [1.165, 1.54) is 0 Å². The molecule has 1 N–H and O–H groups in total. The van der Waals surface area contributed by atoms with E-state index in [2.05, 4.69) is 0 Å². The Labute approximate surface area is 226 Å². The van der Waals surface area contributed by atoms with Crippen LogP contribution in [-0.4, -0.2) is 34.6 Å². The van der Waals surface area contributed by atoms with Crippen LogP contribution < -0.4 is 10.4 Å². The molecule has 8 heteroatoms. The number of nitrogens with zero attached hydrogens (tertiary/aromatic N) is 1. The number of piperidine rings is 1. The maximum absolute atomic E-state index is 13.0. The molecule has 2 aromatic carbocycles. The SMILES string of the molecule is Cc1c(CCC(=O)N2CCC3(O)CCCCC3C2)c(=O)oc2cc(OCc3ccc(Cl)cc3Cl)ccc12. The van der Waals surface area contributed by atoms with E-state index in [9.17, 15) is 14.7 Å². The molecule has 0 radical (unpaired) electrons. The van der Waals surface area contributed by atoms with Crippen molar-refractivity contribution < 1.29 is 19.1 Å². The van der Waals surface area contributed by atoms with Crippen LogP contribution in [0.15, 0.2) is 45.6 Å². The molecule has 1 amide bonds. The number of aryl methyl sites for hydroxylation is 1. The van der Waals surface area contributed by atoms with Crippen LogP contribution in [0.1, 0.15) is 55.2 Å². The summed E-state index contributed by atoms with van der Waals surface area (Å²) < 4.78 is 11.5. The highest BCUT2D eigenvalue weighted by molar-refractivity contribution is 6.35. The molecule has 2 fully saturated rings. The summed E-state index contributed by atoms with van der Waals surface area (Å²) in [5.74, 6) is 0.728. The van der Waals surface area contributed by atoms with Gasteiger partial charge >= 0.3 is 5.63 Å². The quantitative estimate of drug-likeness (QED) is 0.381. The van der Waals surface area contributed by atoms with E-state index in [0.29, 0.717) is 52.9 Å². The Morgan fingerprint density at radius 2 is 2.03 bits per heavy atom. The summed E-state index contributed by atoms with van der Waals surface area (Å²) in [6, 6.07) is 10.6. The van der Waals surface area contributed by atoms with Gasteiger partial charge in [-0.15, -0.1) is 0 Å². The molecule has 2 atom stereocenters. The second-order valence-electron chi connectivity index (χ2n) is 10.3. The summed E-state index contributed by atoms with van der Waals surface area (Å²) in [6.07, 6.45) is 5.16. The molecular weight excluding hydrogens is 513 g/mol. The summed E-state index contributed by atoms with van der Waals surface area (Å²) >= 11 is 12.2. The highest BCUT2D eigenvalue weighted by atomic mass is 35.5. The lowest BCUT2D eigenvalue weighted by molar-refractivity contribution is -0.143. The lowest BCUT2D eigenvalue weighted by atomic mass is 9.71. The van der Waals surface area contributed by atoms with E-state index in [1.54, 1.807) is 18.2 Å². The Kier molecular flexibility index (Phi) is 7.53. The zero-order valence-corrected chi connectivity index (χ0v) is 22.4. The summed E-state index contributed by atoms with van der Waals surface area (Å²) in [6.45, 7) is 3.31. The number of hydrogen-bond donors (Lipinski definition) is 1. The van der Waals surface area contributed by atoms with Crippen LogP contribution in [0, 0.1) is 12.8 Å². The number of rotatable bonds is 6. The van der Waals surface area contributed by atoms with Crippen molar-refractivity contribution in [2.24, 2.45) is 5.92 Å². The van der Waals surface area contributed by atoms with Gasteiger partial charge in [0.1, 0.15) is 17.9 Å². The van der Waals surface area contributed by atoms with E-state index in [0.717, 1.165) is 42.2 Å². The molecule has 0 bridgehead atoms. The van der Waals surface area contributed by atoms with Crippen molar-refractivity contribution in [1.29, 1.82) is 0 Å². The average Bonchev–Trinajstić information content (AvgIpc) is 2.87. The van der Waals surface area contributed by atoms with Gasteiger partial charge in [-0.1, -0.05) is 42.1 Å². The number of aliphatic hydroxyl groups is 1. The number of hydrogen-bond acceptors (Lipinski definition) is 5. The maximum Gasteiger partial charge on any atom is 0.339 e. The first kappa shape index (κ1) is 26.1. The molecule has 3 aromatic rings. The van der Waals surface area contributed by atoms with Crippen LogP contribution in [0.25, 0.3) is 11.0 Å².